The lowest BCUT2D eigenvalue weighted by atomic mass is 10.1. The van der Waals surface area contributed by atoms with Crippen LogP contribution in [0.4, 0.5) is 5.69 Å². The molecule has 0 fully saturated rings. The number of amides is 2. The maximum absolute atomic E-state index is 12.8. The number of thioether (sulfide) groups is 1. The number of benzene rings is 2. The fourth-order valence-corrected chi connectivity index (χ4v) is 4.80. The number of halogens is 1. The third-order valence-electron chi connectivity index (χ3n) is 5.39. The zero-order valence-corrected chi connectivity index (χ0v) is 19.5. The predicted octanol–water partition coefficient (Wildman–Crippen LogP) is 4.93. The maximum Gasteiger partial charge on any atom is 0.270 e. The van der Waals surface area contributed by atoms with Gasteiger partial charge in [-0.25, -0.2) is 4.99 Å². The van der Waals surface area contributed by atoms with Gasteiger partial charge in [0.15, 0.2) is 5.17 Å². The minimum Gasteiger partial charge on any atom is -0.356 e. The number of hydrogen-bond acceptors (Lipinski definition) is 5. The third-order valence-corrected chi connectivity index (χ3v) is 6.66. The Morgan fingerprint density at radius 3 is 2.72 bits per heavy atom. The van der Waals surface area contributed by atoms with E-state index in [-0.39, 0.29) is 18.2 Å². The molecule has 4 rings (SSSR count). The summed E-state index contributed by atoms with van der Waals surface area (Å²) in [4.78, 5) is 36.2. The van der Waals surface area contributed by atoms with Gasteiger partial charge in [0.1, 0.15) is 11.9 Å². The highest BCUT2D eigenvalue weighted by Crippen LogP contribution is 2.36. The van der Waals surface area contributed by atoms with Gasteiger partial charge in [-0.05, 0) is 42.7 Å². The van der Waals surface area contributed by atoms with Gasteiger partial charge in [0.05, 0.1) is 5.69 Å². The number of carbonyl (C=O) groups excluding carboxylic acids is 2. The first-order valence-corrected chi connectivity index (χ1v) is 12.2. The summed E-state index contributed by atoms with van der Waals surface area (Å²) in [6, 6.07) is 14.9. The molecule has 8 heteroatoms. The van der Waals surface area contributed by atoms with Crippen LogP contribution < -0.4 is 5.32 Å². The molecule has 2 aliphatic rings. The normalized spacial score (nSPS) is 16.9. The van der Waals surface area contributed by atoms with Crippen LogP contribution in [-0.4, -0.2) is 40.3 Å². The van der Waals surface area contributed by atoms with Crippen molar-refractivity contribution >= 4 is 51.9 Å². The first-order valence-electron chi connectivity index (χ1n) is 10.8. The van der Waals surface area contributed by atoms with Gasteiger partial charge in [0, 0.05) is 29.3 Å². The molecule has 1 unspecified atom stereocenters. The second-order valence-electron chi connectivity index (χ2n) is 7.73. The highest BCUT2D eigenvalue weighted by molar-refractivity contribution is 8.13. The number of nitrogens with one attached hydrogen (secondary N) is 1. The first-order chi connectivity index (χ1) is 15.6. The summed E-state index contributed by atoms with van der Waals surface area (Å²) in [6.07, 6.45) is 2.64. The van der Waals surface area contributed by atoms with E-state index in [0.29, 0.717) is 29.6 Å². The predicted molar refractivity (Wildman–Crippen MR) is 131 cm³/mol. The Labute approximate surface area is 197 Å². The van der Waals surface area contributed by atoms with Crippen LogP contribution in [0.15, 0.2) is 58.5 Å². The second-order valence-corrected chi connectivity index (χ2v) is 9.11. The Morgan fingerprint density at radius 1 is 1.16 bits per heavy atom. The average molecular weight is 469 g/mol. The lowest BCUT2D eigenvalue weighted by Crippen LogP contribution is -2.44. The van der Waals surface area contributed by atoms with Gasteiger partial charge in [-0.15, -0.1) is 0 Å². The van der Waals surface area contributed by atoms with E-state index in [1.807, 2.05) is 53.4 Å². The first kappa shape index (κ1) is 22.6. The molecule has 0 spiro atoms. The number of aliphatic imine (C=N–C) groups is 2. The quantitative estimate of drug-likeness (QED) is 0.557. The Balaban J connectivity index is 1.53. The monoisotopic (exact) mass is 468 g/mol. The van der Waals surface area contributed by atoms with Crippen LogP contribution in [0.2, 0.25) is 5.02 Å². The molecular weight excluding hydrogens is 444 g/mol. The van der Waals surface area contributed by atoms with E-state index < -0.39 is 6.04 Å². The molecule has 6 nitrogen and oxygen atoms in total. The molecule has 2 heterocycles. The molecule has 0 radical (unpaired) electrons. The second kappa shape index (κ2) is 10.3. The van der Waals surface area contributed by atoms with Gasteiger partial charge >= 0.3 is 0 Å². The van der Waals surface area contributed by atoms with E-state index >= 15 is 0 Å². The van der Waals surface area contributed by atoms with Crippen LogP contribution in [0, 0.1) is 0 Å². The van der Waals surface area contributed by atoms with E-state index in [1.165, 1.54) is 0 Å². The largest absolute Gasteiger partial charge is 0.356 e. The highest BCUT2D eigenvalue weighted by atomic mass is 35.5. The fourth-order valence-electron chi connectivity index (χ4n) is 3.67. The molecule has 0 bridgehead atoms. The van der Waals surface area contributed by atoms with E-state index in [9.17, 15) is 9.59 Å². The Morgan fingerprint density at radius 2 is 1.94 bits per heavy atom. The van der Waals surface area contributed by atoms with Gasteiger partial charge in [0.25, 0.3) is 5.91 Å². The number of amidine groups is 2. The SMILES string of the molecule is CCCCNC(=O)CCC1C(=O)N=C2c3ccccc3N=C(SCc3ccc(Cl)cc3)N21. The van der Waals surface area contributed by atoms with Crippen molar-refractivity contribution in [2.45, 2.75) is 44.4 Å². The Hall–Kier alpha value is -2.64. The summed E-state index contributed by atoms with van der Waals surface area (Å²) in [5.41, 5.74) is 2.75. The summed E-state index contributed by atoms with van der Waals surface area (Å²) in [5, 5.41) is 4.34. The van der Waals surface area contributed by atoms with Gasteiger partial charge in [-0.1, -0.05) is 61.0 Å². The topological polar surface area (TPSA) is 74.1 Å². The van der Waals surface area contributed by atoms with Crippen LogP contribution in [-0.2, 0) is 15.3 Å². The van der Waals surface area contributed by atoms with Crippen molar-refractivity contribution in [3.05, 3.63) is 64.7 Å². The smallest absolute Gasteiger partial charge is 0.270 e. The molecular formula is C24H25ClN4O2S. The van der Waals surface area contributed by atoms with Crippen LogP contribution in [0.25, 0.3) is 0 Å². The van der Waals surface area contributed by atoms with Crippen LogP contribution in [0.3, 0.4) is 0 Å². The zero-order valence-electron chi connectivity index (χ0n) is 17.9. The number of hydrogen-bond donors (Lipinski definition) is 1. The number of unbranched alkanes of at least 4 members (excludes halogenated alkanes) is 1. The number of fused-ring (bicyclic) bond motifs is 3. The summed E-state index contributed by atoms with van der Waals surface area (Å²) in [5.74, 6) is 1.04. The van der Waals surface area contributed by atoms with Gasteiger partial charge < -0.3 is 5.32 Å². The van der Waals surface area contributed by atoms with Gasteiger partial charge in [0.2, 0.25) is 5.91 Å². The van der Waals surface area contributed by atoms with Crippen molar-refractivity contribution in [1.29, 1.82) is 0 Å². The van der Waals surface area contributed by atoms with E-state index in [2.05, 4.69) is 17.2 Å². The van der Waals surface area contributed by atoms with Crippen molar-refractivity contribution in [2.24, 2.45) is 9.98 Å². The van der Waals surface area contributed by atoms with Crippen molar-refractivity contribution in [2.75, 3.05) is 6.54 Å². The van der Waals surface area contributed by atoms with E-state index in [1.54, 1.807) is 11.8 Å². The van der Waals surface area contributed by atoms with Crippen molar-refractivity contribution in [3.63, 3.8) is 0 Å². The summed E-state index contributed by atoms with van der Waals surface area (Å²) >= 11 is 7.55. The van der Waals surface area contributed by atoms with Crippen molar-refractivity contribution in [1.82, 2.24) is 10.2 Å². The molecule has 166 valence electrons. The number of rotatable bonds is 8. The zero-order chi connectivity index (χ0) is 22.5. The number of carbonyl (C=O) groups is 2. The van der Waals surface area contributed by atoms with Gasteiger partial charge in [-0.2, -0.15) is 4.99 Å². The van der Waals surface area contributed by atoms with E-state index in [4.69, 9.17) is 16.6 Å². The minimum absolute atomic E-state index is 0.0376. The van der Waals surface area contributed by atoms with Gasteiger partial charge in [-0.3, -0.25) is 14.5 Å². The fraction of sp³-hybridized carbons (Fsp3) is 0.333. The summed E-state index contributed by atoms with van der Waals surface area (Å²) < 4.78 is 0. The lowest BCUT2D eigenvalue weighted by Gasteiger charge is -2.31. The van der Waals surface area contributed by atoms with Crippen molar-refractivity contribution in [3.8, 4) is 0 Å². The molecule has 1 atom stereocenters. The van der Waals surface area contributed by atoms with Crippen LogP contribution >= 0.6 is 23.4 Å². The van der Waals surface area contributed by atoms with Crippen LogP contribution in [0.5, 0.6) is 0 Å². The molecule has 2 aromatic rings. The molecule has 32 heavy (non-hydrogen) atoms. The number of nitrogens with zero attached hydrogens (tertiary/aromatic N) is 3. The molecule has 2 aromatic carbocycles. The highest BCUT2D eigenvalue weighted by Gasteiger charge is 2.41. The molecule has 0 saturated heterocycles. The summed E-state index contributed by atoms with van der Waals surface area (Å²) in [7, 11) is 0. The van der Waals surface area contributed by atoms with Crippen molar-refractivity contribution < 1.29 is 9.59 Å². The minimum atomic E-state index is -0.522. The maximum atomic E-state index is 12.8. The molecule has 0 aromatic heterocycles. The Kier molecular flexibility index (Phi) is 7.27. The third kappa shape index (κ3) is 5.05. The molecule has 2 aliphatic heterocycles. The Bertz CT molecular complexity index is 1070. The standard InChI is InChI=1S/C24H25ClN4O2S/c1-2-3-14-26-21(30)13-12-20-23(31)28-22-18-6-4-5-7-19(18)27-24(29(20)22)32-15-16-8-10-17(25)11-9-16/h4-11,20H,2-3,12-15H2,1H3,(H,26,30). The molecule has 1 N–H and O–H groups in total. The van der Waals surface area contributed by atoms with Crippen LogP contribution in [0.1, 0.15) is 43.7 Å². The summed E-state index contributed by atoms with van der Waals surface area (Å²) in [6.45, 7) is 2.75. The number of para-hydroxylation sites is 1. The van der Waals surface area contributed by atoms with E-state index in [0.717, 1.165) is 34.8 Å². The molecule has 2 amide bonds. The lowest BCUT2D eigenvalue weighted by molar-refractivity contribution is -0.122. The average Bonchev–Trinajstić information content (AvgIpc) is 3.13. The molecule has 0 saturated carbocycles. The molecule has 0 aliphatic carbocycles.